The summed E-state index contributed by atoms with van der Waals surface area (Å²) in [6.45, 7) is 2.64. The molecule has 1 aromatic rings. The number of nitrogen functional groups attached to an aromatic ring is 1. The van der Waals surface area contributed by atoms with Gasteiger partial charge in [0.2, 0.25) is 10.0 Å². The smallest absolute Gasteiger partial charge is 0.244 e. The Morgan fingerprint density at radius 3 is 2.68 bits per heavy atom. The van der Waals surface area contributed by atoms with Gasteiger partial charge in [0.15, 0.2) is 0 Å². The Bertz CT molecular complexity index is 511. The molecule has 19 heavy (non-hydrogen) atoms. The van der Waals surface area contributed by atoms with Gasteiger partial charge in [-0.25, -0.2) is 19.2 Å². The molecule has 2 rings (SSSR count). The van der Waals surface area contributed by atoms with Crippen molar-refractivity contribution in [3.05, 3.63) is 18.3 Å². The number of pyridine rings is 1. The quantitative estimate of drug-likeness (QED) is 0.582. The molecule has 0 unspecified atom stereocenters. The molecule has 7 heteroatoms. The summed E-state index contributed by atoms with van der Waals surface area (Å²) in [6, 6.07) is 3.28. The summed E-state index contributed by atoms with van der Waals surface area (Å²) < 4.78 is 26.7. The van der Waals surface area contributed by atoms with Gasteiger partial charge < -0.3 is 5.43 Å². The van der Waals surface area contributed by atoms with Crippen molar-refractivity contribution < 1.29 is 8.42 Å². The van der Waals surface area contributed by atoms with Gasteiger partial charge in [0.1, 0.15) is 10.7 Å². The zero-order valence-electron chi connectivity index (χ0n) is 11.0. The van der Waals surface area contributed by atoms with Gasteiger partial charge in [-0.05, 0) is 31.4 Å². The van der Waals surface area contributed by atoms with E-state index in [0.29, 0.717) is 12.4 Å². The molecule has 0 spiro atoms. The standard InChI is InChI=1S/C12H20N4O2S/c1-2-3-8-16(10-4-5-10)19(17,18)11-6-7-12(15-13)14-9-11/h6-7,9-10H,2-5,8,13H2,1H3,(H,14,15). The third kappa shape index (κ3) is 3.23. The van der Waals surface area contributed by atoms with Crippen molar-refractivity contribution in [1.82, 2.24) is 9.29 Å². The highest BCUT2D eigenvalue weighted by molar-refractivity contribution is 7.89. The fraction of sp³-hybridized carbons (Fsp3) is 0.583. The van der Waals surface area contributed by atoms with Gasteiger partial charge >= 0.3 is 0 Å². The third-order valence-corrected chi connectivity index (χ3v) is 5.11. The van der Waals surface area contributed by atoms with Gasteiger partial charge in [-0.3, -0.25) is 0 Å². The average molecular weight is 284 g/mol. The van der Waals surface area contributed by atoms with Crippen molar-refractivity contribution >= 4 is 15.8 Å². The lowest BCUT2D eigenvalue weighted by Crippen LogP contribution is -2.34. The van der Waals surface area contributed by atoms with Crippen molar-refractivity contribution in [2.45, 2.75) is 43.5 Å². The number of nitrogens with zero attached hydrogens (tertiary/aromatic N) is 2. The summed E-state index contributed by atoms with van der Waals surface area (Å²) in [7, 11) is -3.43. The van der Waals surface area contributed by atoms with Crippen LogP contribution in [0.2, 0.25) is 0 Å². The molecule has 1 aliphatic carbocycles. The van der Waals surface area contributed by atoms with E-state index < -0.39 is 10.0 Å². The number of sulfonamides is 1. The van der Waals surface area contributed by atoms with Crippen LogP contribution in [-0.2, 0) is 10.0 Å². The van der Waals surface area contributed by atoms with Crippen molar-refractivity contribution in [2.24, 2.45) is 5.84 Å². The van der Waals surface area contributed by atoms with Gasteiger partial charge in [-0.2, -0.15) is 4.31 Å². The van der Waals surface area contributed by atoms with E-state index in [9.17, 15) is 8.42 Å². The molecule has 0 saturated heterocycles. The maximum atomic E-state index is 12.6. The van der Waals surface area contributed by atoms with E-state index in [4.69, 9.17) is 5.84 Å². The molecule has 6 nitrogen and oxygen atoms in total. The minimum absolute atomic E-state index is 0.170. The number of rotatable bonds is 7. The number of hydrogen-bond acceptors (Lipinski definition) is 5. The lowest BCUT2D eigenvalue weighted by molar-refractivity contribution is 0.395. The van der Waals surface area contributed by atoms with Crippen LogP contribution in [0.3, 0.4) is 0 Å². The van der Waals surface area contributed by atoms with Gasteiger partial charge in [0, 0.05) is 18.8 Å². The number of aromatic nitrogens is 1. The molecule has 0 aliphatic heterocycles. The Morgan fingerprint density at radius 1 is 1.47 bits per heavy atom. The van der Waals surface area contributed by atoms with E-state index in [2.05, 4.69) is 17.3 Å². The first-order valence-corrected chi connectivity index (χ1v) is 7.98. The summed E-state index contributed by atoms with van der Waals surface area (Å²) in [5, 5.41) is 0. The second kappa shape index (κ2) is 5.85. The Labute approximate surface area is 114 Å². The monoisotopic (exact) mass is 284 g/mol. The fourth-order valence-corrected chi connectivity index (χ4v) is 3.60. The molecule has 0 atom stereocenters. The van der Waals surface area contributed by atoms with E-state index in [1.807, 2.05) is 0 Å². The number of unbranched alkanes of at least 4 members (excludes halogenated alkanes) is 1. The average Bonchev–Trinajstić information content (AvgIpc) is 3.23. The van der Waals surface area contributed by atoms with Crippen LogP contribution in [0.1, 0.15) is 32.6 Å². The highest BCUT2D eigenvalue weighted by Gasteiger charge is 2.37. The Kier molecular flexibility index (Phi) is 4.38. The molecule has 106 valence electrons. The minimum Gasteiger partial charge on any atom is -0.308 e. The number of anilines is 1. The van der Waals surface area contributed by atoms with Crippen molar-refractivity contribution in [2.75, 3.05) is 12.0 Å². The molecule has 1 fully saturated rings. The maximum absolute atomic E-state index is 12.6. The summed E-state index contributed by atoms with van der Waals surface area (Å²) in [5.74, 6) is 5.67. The lowest BCUT2D eigenvalue weighted by atomic mass is 10.3. The Morgan fingerprint density at radius 2 is 2.21 bits per heavy atom. The minimum atomic E-state index is -3.43. The van der Waals surface area contributed by atoms with Gasteiger partial charge in [0.05, 0.1) is 0 Å². The topological polar surface area (TPSA) is 88.3 Å². The first-order chi connectivity index (χ1) is 9.09. The fourth-order valence-electron chi connectivity index (χ4n) is 1.93. The summed E-state index contributed by atoms with van der Waals surface area (Å²) >= 11 is 0. The van der Waals surface area contributed by atoms with Crippen molar-refractivity contribution in [3.63, 3.8) is 0 Å². The lowest BCUT2D eigenvalue weighted by Gasteiger charge is -2.21. The summed E-state index contributed by atoms with van der Waals surface area (Å²) in [6.07, 6.45) is 5.13. The summed E-state index contributed by atoms with van der Waals surface area (Å²) in [5.41, 5.74) is 2.38. The van der Waals surface area contributed by atoms with Crippen molar-refractivity contribution in [1.29, 1.82) is 0 Å². The normalized spacial score (nSPS) is 15.7. The number of nitrogens with two attached hydrogens (primary N) is 1. The molecule has 0 bridgehead atoms. The zero-order valence-corrected chi connectivity index (χ0v) is 11.9. The largest absolute Gasteiger partial charge is 0.308 e. The summed E-state index contributed by atoms with van der Waals surface area (Å²) in [4.78, 5) is 4.19. The van der Waals surface area contributed by atoms with Crippen molar-refractivity contribution in [3.8, 4) is 0 Å². The van der Waals surface area contributed by atoms with Crippen LogP contribution < -0.4 is 11.3 Å². The van der Waals surface area contributed by atoms with Crippen LogP contribution in [-0.4, -0.2) is 30.3 Å². The Hall–Kier alpha value is -1.18. The van der Waals surface area contributed by atoms with Gasteiger partial charge in [-0.15, -0.1) is 0 Å². The van der Waals surface area contributed by atoms with Crippen LogP contribution >= 0.6 is 0 Å². The van der Waals surface area contributed by atoms with E-state index in [-0.39, 0.29) is 10.9 Å². The number of hydrazine groups is 1. The molecule has 0 aromatic carbocycles. The second-order valence-electron chi connectivity index (χ2n) is 4.72. The van der Waals surface area contributed by atoms with Crippen LogP contribution in [0.4, 0.5) is 5.82 Å². The molecular formula is C12H20N4O2S. The van der Waals surface area contributed by atoms with E-state index >= 15 is 0 Å². The molecule has 1 saturated carbocycles. The molecule has 1 heterocycles. The highest BCUT2D eigenvalue weighted by Crippen LogP contribution is 2.32. The number of hydrogen-bond donors (Lipinski definition) is 2. The predicted octanol–water partition coefficient (Wildman–Crippen LogP) is 1.32. The van der Waals surface area contributed by atoms with Gasteiger partial charge in [-0.1, -0.05) is 13.3 Å². The SMILES string of the molecule is CCCCN(C1CC1)S(=O)(=O)c1ccc(NN)nc1. The van der Waals surface area contributed by atoms with Crippen LogP contribution in [0, 0.1) is 0 Å². The molecule has 3 N–H and O–H groups in total. The predicted molar refractivity (Wildman–Crippen MR) is 73.9 cm³/mol. The van der Waals surface area contributed by atoms with Gasteiger partial charge in [0.25, 0.3) is 0 Å². The van der Waals surface area contributed by atoms with E-state index in [0.717, 1.165) is 25.7 Å². The molecule has 0 radical (unpaired) electrons. The molecule has 1 aliphatic rings. The number of nitrogens with one attached hydrogen (secondary N) is 1. The van der Waals surface area contributed by atoms with E-state index in [1.54, 1.807) is 16.4 Å². The highest BCUT2D eigenvalue weighted by atomic mass is 32.2. The van der Waals surface area contributed by atoms with Crippen LogP contribution in [0.5, 0.6) is 0 Å². The first-order valence-electron chi connectivity index (χ1n) is 6.54. The third-order valence-electron chi connectivity index (χ3n) is 3.18. The molecular weight excluding hydrogens is 264 g/mol. The van der Waals surface area contributed by atoms with E-state index in [1.165, 1.54) is 6.20 Å². The zero-order chi connectivity index (χ0) is 13.9. The van der Waals surface area contributed by atoms with Crippen LogP contribution in [0.15, 0.2) is 23.2 Å². The second-order valence-corrected chi connectivity index (χ2v) is 6.61. The maximum Gasteiger partial charge on any atom is 0.244 e. The first kappa shape index (κ1) is 14.2. The Balaban J connectivity index is 2.22. The molecule has 1 aromatic heterocycles. The molecule has 0 amide bonds. The van der Waals surface area contributed by atoms with Crippen LogP contribution in [0.25, 0.3) is 0 Å².